The molecule has 0 radical (unpaired) electrons. The summed E-state index contributed by atoms with van der Waals surface area (Å²) in [5.74, 6) is -0.146. The Morgan fingerprint density at radius 2 is 1.54 bits per heavy atom. The SMILES string of the molecule is CCN(CC)C(C(=O)NCc1ccccc1S(=O)(=O)N(C)C)c1ccccc1. The van der Waals surface area contributed by atoms with Crippen molar-refractivity contribution in [2.45, 2.75) is 31.3 Å². The van der Waals surface area contributed by atoms with Crippen molar-refractivity contribution in [1.82, 2.24) is 14.5 Å². The number of hydrogen-bond acceptors (Lipinski definition) is 4. The molecule has 0 saturated carbocycles. The van der Waals surface area contributed by atoms with Crippen molar-refractivity contribution in [1.29, 1.82) is 0 Å². The van der Waals surface area contributed by atoms with Crippen LogP contribution in [0.4, 0.5) is 0 Å². The summed E-state index contributed by atoms with van der Waals surface area (Å²) < 4.78 is 26.3. The summed E-state index contributed by atoms with van der Waals surface area (Å²) in [4.78, 5) is 15.3. The molecule has 2 rings (SSSR count). The lowest BCUT2D eigenvalue weighted by molar-refractivity contribution is -0.126. The van der Waals surface area contributed by atoms with E-state index in [2.05, 4.69) is 10.2 Å². The summed E-state index contributed by atoms with van der Waals surface area (Å²) in [5, 5.41) is 2.93. The number of hydrogen-bond donors (Lipinski definition) is 1. The van der Waals surface area contributed by atoms with Crippen LogP contribution in [0.2, 0.25) is 0 Å². The average molecular weight is 404 g/mol. The van der Waals surface area contributed by atoms with E-state index in [1.807, 2.05) is 44.2 Å². The van der Waals surface area contributed by atoms with Crippen molar-refractivity contribution in [2.75, 3.05) is 27.2 Å². The van der Waals surface area contributed by atoms with Crippen LogP contribution in [0.3, 0.4) is 0 Å². The molecule has 1 amide bonds. The first-order valence-electron chi connectivity index (χ1n) is 9.40. The van der Waals surface area contributed by atoms with E-state index in [-0.39, 0.29) is 17.3 Å². The molecule has 0 aliphatic rings. The van der Waals surface area contributed by atoms with Gasteiger partial charge in [-0.3, -0.25) is 9.69 Å². The molecule has 7 heteroatoms. The van der Waals surface area contributed by atoms with Gasteiger partial charge in [-0.2, -0.15) is 0 Å². The predicted molar refractivity (Wildman–Crippen MR) is 111 cm³/mol. The van der Waals surface area contributed by atoms with E-state index in [9.17, 15) is 13.2 Å². The monoisotopic (exact) mass is 403 g/mol. The van der Waals surface area contributed by atoms with E-state index in [1.165, 1.54) is 18.4 Å². The number of nitrogens with one attached hydrogen (secondary N) is 1. The second kappa shape index (κ2) is 9.82. The van der Waals surface area contributed by atoms with E-state index in [0.29, 0.717) is 5.56 Å². The van der Waals surface area contributed by atoms with E-state index in [0.717, 1.165) is 18.7 Å². The van der Waals surface area contributed by atoms with Crippen LogP contribution in [0.5, 0.6) is 0 Å². The Labute approximate surface area is 168 Å². The van der Waals surface area contributed by atoms with Gasteiger partial charge in [0.15, 0.2) is 0 Å². The summed E-state index contributed by atoms with van der Waals surface area (Å²) >= 11 is 0. The van der Waals surface area contributed by atoms with Crippen molar-refractivity contribution in [2.24, 2.45) is 0 Å². The summed E-state index contributed by atoms with van der Waals surface area (Å²) in [6, 6.07) is 16.0. The lowest BCUT2D eigenvalue weighted by Gasteiger charge is -2.29. The van der Waals surface area contributed by atoms with Gasteiger partial charge in [-0.15, -0.1) is 0 Å². The number of nitrogens with zero attached hydrogens (tertiary/aromatic N) is 2. The summed E-state index contributed by atoms with van der Waals surface area (Å²) in [7, 11) is -0.589. The molecule has 6 nitrogen and oxygen atoms in total. The maximum absolute atomic E-state index is 13.1. The van der Waals surface area contributed by atoms with E-state index < -0.39 is 16.1 Å². The minimum atomic E-state index is -3.58. The molecule has 0 bridgehead atoms. The average Bonchev–Trinajstić information content (AvgIpc) is 2.70. The topological polar surface area (TPSA) is 69.7 Å². The number of sulfonamides is 1. The third-order valence-corrected chi connectivity index (χ3v) is 6.64. The predicted octanol–water partition coefficient (Wildman–Crippen LogP) is 2.64. The Morgan fingerprint density at radius 3 is 2.11 bits per heavy atom. The van der Waals surface area contributed by atoms with Crippen LogP contribution in [0.25, 0.3) is 0 Å². The largest absolute Gasteiger partial charge is 0.350 e. The first-order valence-corrected chi connectivity index (χ1v) is 10.8. The molecular weight excluding hydrogens is 374 g/mol. The molecule has 0 heterocycles. The molecule has 0 aliphatic heterocycles. The molecule has 2 aromatic carbocycles. The van der Waals surface area contributed by atoms with Gasteiger partial charge in [-0.05, 0) is 30.3 Å². The number of likely N-dealkylation sites (N-methyl/N-ethyl adjacent to an activating group) is 1. The van der Waals surface area contributed by atoms with Crippen molar-refractivity contribution < 1.29 is 13.2 Å². The van der Waals surface area contributed by atoms with Gasteiger partial charge in [0, 0.05) is 20.6 Å². The smallest absolute Gasteiger partial charge is 0.242 e. The summed E-state index contributed by atoms with van der Waals surface area (Å²) in [6.07, 6.45) is 0. The minimum Gasteiger partial charge on any atom is -0.350 e. The van der Waals surface area contributed by atoms with Crippen LogP contribution >= 0.6 is 0 Å². The highest BCUT2D eigenvalue weighted by molar-refractivity contribution is 7.89. The van der Waals surface area contributed by atoms with Crippen LogP contribution < -0.4 is 5.32 Å². The Balaban J connectivity index is 2.27. The lowest BCUT2D eigenvalue weighted by atomic mass is 10.0. The quantitative estimate of drug-likeness (QED) is 0.699. The fraction of sp³-hybridized carbons (Fsp3) is 0.381. The van der Waals surface area contributed by atoms with Crippen molar-refractivity contribution in [3.8, 4) is 0 Å². The zero-order valence-corrected chi connectivity index (χ0v) is 17.7. The van der Waals surface area contributed by atoms with Gasteiger partial charge in [0.05, 0.1) is 4.90 Å². The maximum atomic E-state index is 13.1. The fourth-order valence-electron chi connectivity index (χ4n) is 3.13. The molecule has 0 aliphatic carbocycles. The molecule has 0 spiro atoms. The second-order valence-electron chi connectivity index (χ2n) is 6.65. The van der Waals surface area contributed by atoms with Crippen LogP contribution in [-0.2, 0) is 21.4 Å². The Bertz CT molecular complexity index is 879. The standard InChI is InChI=1S/C21H29N3O3S/c1-5-24(6-2)20(17-12-8-7-9-13-17)21(25)22-16-18-14-10-11-15-19(18)28(26,27)23(3)4/h7-15,20H,5-6,16H2,1-4H3,(H,22,25). The molecule has 0 aromatic heterocycles. The number of benzene rings is 2. The molecule has 2 aromatic rings. The Morgan fingerprint density at radius 1 is 0.964 bits per heavy atom. The lowest BCUT2D eigenvalue weighted by Crippen LogP contribution is -2.40. The Kier molecular flexibility index (Phi) is 7.74. The van der Waals surface area contributed by atoms with Crippen molar-refractivity contribution in [3.05, 3.63) is 65.7 Å². The van der Waals surface area contributed by atoms with Gasteiger partial charge in [0.2, 0.25) is 15.9 Å². The molecule has 0 fully saturated rings. The summed E-state index contributed by atoms with van der Waals surface area (Å²) in [5.41, 5.74) is 1.48. The number of carbonyl (C=O) groups is 1. The molecule has 1 N–H and O–H groups in total. The maximum Gasteiger partial charge on any atom is 0.242 e. The molecule has 1 unspecified atom stereocenters. The molecule has 28 heavy (non-hydrogen) atoms. The van der Waals surface area contributed by atoms with Crippen molar-refractivity contribution in [3.63, 3.8) is 0 Å². The van der Waals surface area contributed by atoms with Crippen molar-refractivity contribution >= 4 is 15.9 Å². The first-order chi connectivity index (χ1) is 13.3. The highest BCUT2D eigenvalue weighted by Crippen LogP contribution is 2.22. The summed E-state index contributed by atoms with van der Waals surface area (Å²) in [6.45, 7) is 5.65. The Hall–Kier alpha value is -2.22. The zero-order valence-electron chi connectivity index (χ0n) is 16.9. The van der Waals surface area contributed by atoms with E-state index in [4.69, 9.17) is 0 Å². The zero-order chi connectivity index (χ0) is 20.7. The van der Waals surface area contributed by atoms with Gasteiger partial charge < -0.3 is 5.32 Å². The molecule has 0 saturated heterocycles. The first kappa shape index (κ1) is 22.1. The van der Waals surface area contributed by atoms with Gasteiger partial charge in [-0.1, -0.05) is 62.4 Å². The van der Waals surface area contributed by atoms with Crippen LogP contribution in [-0.4, -0.2) is 50.7 Å². The second-order valence-corrected chi connectivity index (χ2v) is 8.77. The van der Waals surface area contributed by atoms with Gasteiger partial charge in [0.25, 0.3) is 0 Å². The highest BCUT2D eigenvalue weighted by Gasteiger charge is 2.26. The fourth-order valence-corrected chi connectivity index (χ4v) is 4.24. The third-order valence-electron chi connectivity index (χ3n) is 4.73. The molecule has 1 atom stereocenters. The molecule has 152 valence electrons. The number of rotatable bonds is 9. The van der Waals surface area contributed by atoms with E-state index in [1.54, 1.807) is 24.3 Å². The highest BCUT2D eigenvalue weighted by atomic mass is 32.2. The van der Waals surface area contributed by atoms with Gasteiger partial charge >= 0.3 is 0 Å². The minimum absolute atomic E-state index is 0.146. The van der Waals surface area contributed by atoms with Crippen LogP contribution in [0, 0.1) is 0 Å². The van der Waals surface area contributed by atoms with Crippen LogP contribution in [0.15, 0.2) is 59.5 Å². The normalized spacial score (nSPS) is 12.9. The molecular formula is C21H29N3O3S. The van der Waals surface area contributed by atoms with Crippen LogP contribution in [0.1, 0.15) is 31.0 Å². The number of carbonyl (C=O) groups excluding carboxylic acids is 1. The third kappa shape index (κ3) is 4.98. The van der Waals surface area contributed by atoms with E-state index >= 15 is 0 Å². The number of amides is 1. The van der Waals surface area contributed by atoms with Gasteiger partial charge in [-0.25, -0.2) is 12.7 Å². The van der Waals surface area contributed by atoms with Gasteiger partial charge in [0.1, 0.15) is 6.04 Å².